The number of carbonyl (C=O) groups excluding carboxylic acids is 1. The third kappa shape index (κ3) is 4.05. The van der Waals surface area contributed by atoms with Crippen LogP contribution in [0, 0.1) is 5.82 Å². The topological polar surface area (TPSA) is 66.4 Å². The van der Waals surface area contributed by atoms with E-state index < -0.39 is 11.5 Å². The van der Waals surface area contributed by atoms with E-state index in [9.17, 15) is 14.0 Å². The molecule has 2 atom stereocenters. The van der Waals surface area contributed by atoms with Crippen molar-refractivity contribution in [2.24, 2.45) is 0 Å². The Morgan fingerprint density at radius 2 is 2.10 bits per heavy atom. The molecule has 0 aromatic heterocycles. The van der Waals surface area contributed by atoms with Crippen LogP contribution >= 0.6 is 0 Å². The number of amides is 1. The number of nitrogens with one attached hydrogen (secondary N) is 1. The monoisotopic (exact) mass is 281 g/mol. The molecular weight excluding hydrogens is 261 g/mol. The summed E-state index contributed by atoms with van der Waals surface area (Å²) in [6.07, 6.45) is 0.411. The highest BCUT2D eigenvalue weighted by Gasteiger charge is 2.32. The summed E-state index contributed by atoms with van der Waals surface area (Å²) in [6.45, 7) is 4.98. The van der Waals surface area contributed by atoms with Crippen molar-refractivity contribution in [2.45, 2.75) is 45.1 Å². The van der Waals surface area contributed by atoms with Crippen molar-refractivity contribution >= 4 is 11.9 Å². The third-order valence-corrected chi connectivity index (χ3v) is 3.50. The van der Waals surface area contributed by atoms with E-state index in [2.05, 4.69) is 5.32 Å². The fourth-order valence-electron chi connectivity index (χ4n) is 1.86. The zero-order valence-electron chi connectivity index (χ0n) is 11.9. The van der Waals surface area contributed by atoms with Crippen molar-refractivity contribution in [1.82, 2.24) is 5.32 Å². The van der Waals surface area contributed by atoms with E-state index in [1.807, 2.05) is 0 Å². The number of benzene rings is 1. The Hall–Kier alpha value is -1.91. The molecule has 110 valence electrons. The van der Waals surface area contributed by atoms with Gasteiger partial charge in [-0.3, -0.25) is 4.79 Å². The van der Waals surface area contributed by atoms with Gasteiger partial charge in [-0.15, -0.1) is 0 Å². The molecular formula is C15H20FNO3. The molecule has 1 amide bonds. The molecule has 1 aromatic rings. The van der Waals surface area contributed by atoms with Gasteiger partial charge in [0.25, 0.3) is 0 Å². The molecule has 0 saturated carbocycles. The summed E-state index contributed by atoms with van der Waals surface area (Å²) in [5.41, 5.74) is -0.549. The quantitative estimate of drug-likeness (QED) is 0.842. The normalized spacial score (nSPS) is 15.2. The van der Waals surface area contributed by atoms with Crippen LogP contribution in [0.5, 0.6) is 0 Å². The number of rotatable bonds is 6. The summed E-state index contributed by atoms with van der Waals surface area (Å²) in [6, 6.07) is 6.06. The third-order valence-electron chi connectivity index (χ3n) is 3.50. The van der Waals surface area contributed by atoms with Crippen molar-refractivity contribution in [3.63, 3.8) is 0 Å². The van der Waals surface area contributed by atoms with Gasteiger partial charge in [-0.25, -0.2) is 9.18 Å². The maximum absolute atomic E-state index is 13.1. The molecule has 20 heavy (non-hydrogen) atoms. The van der Waals surface area contributed by atoms with Crippen LogP contribution in [0.15, 0.2) is 24.3 Å². The lowest BCUT2D eigenvalue weighted by Crippen LogP contribution is -2.51. The molecule has 0 aliphatic heterocycles. The number of halogens is 1. The number of aliphatic carboxylic acids is 1. The van der Waals surface area contributed by atoms with Crippen LogP contribution in [0.3, 0.4) is 0 Å². The van der Waals surface area contributed by atoms with Gasteiger partial charge in [-0.05, 0) is 37.0 Å². The molecule has 2 N–H and O–H groups in total. The SMILES string of the molecule is CCC(C)(NC(=O)CC(C)c1cccc(F)c1)C(=O)O. The first-order chi connectivity index (χ1) is 9.28. The number of carbonyl (C=O) groups is 2. The smallest absolute Gasteiger partial charge is 0.329 e. The van der Waals surface area contributed by atoms with Crippen molar-refractivity contribution in [1.29, 1.82) is 0 Å². The Morgan fingerprint density at radius 1 is 1.45 bits per heavy atom. The fourth-order valence-corrected chi connectivity index (χ4v) is 1.86. The molecule has 0 aliphatic carbocycles. The summed E-state index contributed by atoms with van der Waals surface area (Å²) in [5, 5.41) is 11.6. The van der Waals surface area contributed by atoms with Crippen molar-refractivity contribution in [3.05, 3.63) is 35.6 Å². The maximum atomic E-state index is 13.1. The van der Waals surface area contributed by atoms with E-state index in [0.29, 0.717) is 12.0 Å². The van der Waals surface area contributed by atoms with E-state index in [1.165, 1.54) is 19.1 Å². The summed E-state index contributed by atoms with van der Waals surface area (Å²) in [7, 11) is 0. The van der Waals surface area contributed by atoms with Crippen molar-refractivity contribution < 1.29 is 19.1 Å². The molecule has 4 nitrogen and oxygen atoms in total. The number of carboxylic acid groups (broad SMARTS) is 1. The average molecular weight is 281 g/mol. The second kappa shape index (κ2) is 6.50. The molecule has 0 aliphatic rings. The Kier molecular flexibility index (Phi) is 5.25. The van der Waals surface area contributed by atoms with Crippen LogP contribution < -0.4 is 5.32 Å². The first-order valence-corrected chi connectivity index (χ1v) is 6.58. The maximum Gasteiger partial charge on any atom is 0.329 e. The van der Waals surface area contributed by atoms with E-state index in [0.717, 1.165) is 0 Å². The highest BCUT2D eigenvalue weighted by Crippen LogP contribution is 2.20. The molecule has 1 aromatic carbocycles. The second-order valence-electron chi connectivity index (χ2n) is 5.20. The highest BCUT2D eigenvalue weighted by molar-refractivity contribution is 5.86. The van der Waals surface area contributed by atoms with E-state index in [1.54, 1.807) is 26.0 Å². The summed E-state index contributed by atoms with van der Waals surface area (Å²) >= 11 is 0. The standard InChI is InChI=1S/C15H20FNO3/c1-4-15(3,14(19)20)17-13(18)8-10(2)11-6-5-7-12(16)9-11/h5-7,9-10H,4,8H2,1-3H3,(H,17,18)(H,19,20). The van der Waals surface area contributed by atoms with Crippen LogP contribution in [-0.2, 0) is 9.59 Å². The molecule has 0 heterocycles. The molecule has 0 saturated heterocycles. The Labute approximate surface area is 118 Å². The Bertz CT molecular complexity index is 504. The van der Waals surface area contributed by atoms with Crippen LogP contribution in [0.2, 0.25) is 0 Å². The summed E-state index contributed by atoms with van der Waals surface area (Å²) < 4.78 is 13.1. The predicted molar refractivity (Wildman–Crippen MR) is 73.9 cm³/mol. The zero-order chi connectivity index (χ0) is 15.3. The van der Waals surface area contributed by atoms with E-state index in [-0.39, 0.29) is 24.1 Å². The van der Waals surface area contributed by atoms with Gasteiger partial charge in [0.2, 0.25) is 5.91 Å². The second-order valence-corrected chi connectivity index (χ2v) is 5.20. The van der Waals surface area contributed by atoms with Crippen molar-refractivity contribution in [2.75, 3.05) is 0 Å². The first-order valence-electron chi connectivity index (χ1n) is 6.58. The van der Waals surface area contributed by atoms with Crippen LogP contribution in [0.4, 0.5) is 4.39 Å². The van der Waals surface area contributed by atoms with Crippen molar-refractivity contribution in [3.8, 4) is 0 Å². The highest BCUT2D eigenvalue weighted by atomic mass is 19.1. The van der Waals surface area contributed by atoms with Crippen LogP contribution in [0.1, 0.15) is 45.1 Å². The van der Waals surface area contributed by atoms with Gasteiger partial charge in [0.05, 0.1) is 0 Å². The molecule has 5 heteroatoms. The summed E-state index contributed by atoms with van der Waals surface area (Å²) in [5.74, 6) is -1.94. The molecule has 0 radical (unpaired) electrons. The lowest BCUT2D eigenvalue weighted by atomic mass is 9.95. The number of carboxylic acids is 1. The minimum atomic E-state index is -1.27. The average Bonchev–Trinajstić information content (AvgIpc) is 2.38. The molecule has 0 bridgehead atoms. The summed E-state index contributed by atoms with van der Waals surface area (Å²) in [4.78, 5) is 23.0. The first kappa shape index (κ1) is 16.1. The number of hydrogen-bond acceptors (Lipinski definition) is 2. The largest absolute Gasteiger partial charge is 0.480 e. The van der Waals surface area contributed by atoms with Gasteiger partial charge in [0, 0.05) is 6.42 Å². The zero-order valence-corrected chi connectivity index (χ0v) is 11.9. The number of hydrogen-bond donors (Lipinski definition) is 2. The lowest BCUT2D eigenvalue weighted by molar-refractivity contribution is -0.147. The van der Waals surface area contributed by atoms with E-state index >= 15 is 0 Å². The minimum Gasteiger partial charge on any atom is -0.480 e. The van der Waals surface area contributed by atoms with E-state index in [4.69, 9.17) is 5.11 Å². The van der Waals surface area contributed by atoms with Gasteiger partial charge in [0.15, 0.2) is 0 Å². The Morgan fingerprint density at radius 3 is 2.60 bits per heavy atom. The molecule has 2 unspecified atom stereocenters. The molecule has 1 rings (SSSR count). The van der Waals surface area contributed by atoms with Gasteiger partial charge in [-0.1, -0.05) is 26.0 Å². The van der Waals surface area contributed by atoms with Crippen LogP contribution in [0.25, 0.3) is 0 Å². The Balaban J connectivity index is 2.69. The minimum absolute atomic E-state index is 0.117. The fraction of sp³-hybridized carbons (Fsp3) is 0.467. The van der Waals surface area contributed by atoms with Gasteiger partial charge in [-0.2, -0.15) is 0 Å². The molecule has 0 spiro atoms. The van der Waals surface area contributed by atoms with Gasteiger partial charge >= 0.3 is 5.97 Å². The van der Waals surface area contributed by atoms with Gasteiger partial charge in [0.1, 0.15) is 11.4 Å². The van der Waals surface area contributed by atoms with Gasteiger partial charge < -0.3 is 10.4 Å². The lowest BCUT2D eigenvalue weighted by Gasteiger charge is -2.25. The predicted octanol–water partition coefficient (Wildman–Crippen LogP) is 2.69. The van der Waals surface area contributed by atoms with Crippen LogP contribution in [-0.4, -0.2) is 22.5 Å². The molecule has 0 fully saturated rings.